The van der Waals surface area contributed by atoms with E-state index < -0.39 is 18.0 Å². The molecule has 7 heteroatoms. The molecular weight excluding hydrogens is 390 g/mol. The summed E-state index contributed by atoms with van der Waals surface area (Å²) in [4.78, 5) is 25.6. The molecule has 4 rings (SSSR count). The Hall–Kier alpha value is -3.32. The van der Waals surface area contributed by atoms with Gasteiger partial charge in [-0.25, -0.2) is 4.79 Å². The number of hydrogen-bond acceptors (Lipinski definition) is 6. The van der Waals surface area contributed by atoms with Gasteiger partial charge in [0.05, 0.1) is 0 Å². The van der Waals surface area contributed by atoms with E-state index in [2.05, 4.69) is 5.32 Å². The number of aryl methyl sites for hydroxylation is 1. The van der Waals surface area contributed by atoms with Gasteiger partial charge in [-0.3, -0.25) is 4.79 Å². The average Bonchev–Trinajstić information content (AvgIpc) is 3.37. The number of benzene rings is 2. The molecule has 2 aromatic carbocycles. The van der Waals surface area contributed by atoms with E-state index in [0.717, 1.165) is 16.7 Å². The fraction of sp³-hybridized carbons (Fsp3) is 0.182. The summed E-state index contributed by atoms with van der Waals surface area (Å²) in [6.45, 7) is 3.71. The van der Waals surface area contributed by atoms with E-state index in [-0.39, 0.29) is 6.79 Å². The largest absolute Gasteiger partial charge is 0.454 e. The summed E-state index contributed by atoms with van der Waals surface area (Å²) < 4.78 is 16.0. The van der Waals surface area contributed by atoms with Crippen molar-refractivity contribution in [1.29, 1.82) is 0 Å². The quantitative estimate of drug-likeness (QED) is 0.622. The summed E-state index contributed by atoms with van der Waals surface area (Å²) in [7, 11) is 0. The molecule has 0 saturated carbocycles. The number of carbonyl (C=O) groups excluding carboxylic acids is 2. The van der Waals surface area contributed by atoms with Crippen LogP contribution in [0.25, 0.3) is 11.1 Å². The Morgan fingerprint density at radius 2 is 1.83 bits per heavy atom. The van der Waals surface area contributed by atoms with Gasteiger partial charge in [-0.15, -0.1) is 11.3 Å². The van der Waals surface area contributed by atoms with Crippen LogP contribution in [0.1, 0.15) is 22.2 Å². The molecule has 3 aromatic rings. The minimum atomic E-state index is -0.958. The molecule has 0 fully saturated rings. The van der Waals surface area contributed by atoms with Crippen molar-refractivity contribution in [3.8, 4) is 22.6 Å². The lowest BCUT2D eigenvalue weighted by atomic mass is 10.1. The van der Waals surface area contributed by atoms with Crippen LogP contribution < -0.4 is 14.8 Å². The Balaban J connectivity index is 1.43. The van der Waals surface area contributed by atoms with Crippen molar-refractivity contribution in [3.05, 3.63) is 64.4 Å². The summed E-state index contributed by atoms with van der Waals surface area (Å²) >= 11 is 1.29. The average molecular weight is 409 g/mol. The van der Waals surface area contributed by atoms with Gasteiger partial charge in [-0.1, -0.05) is 29.8 Å². The predicted octanol–water partition coefficient (Wildman–Crippen LogP) is 4.64. The summed E-state index contributed by atoms with van der Waals surface area (Å²) in [6, 6.07) is 14.9. The van der Waals surface area contributed by atoms with Crippen molar-refractivity contribution in [2.75, 3.05) is 12.1 Å². The third-order valence-electron chi connectivity index (χ3n) is 4.51. The highest BCUT2D eigenvalue weighted by Gasteiger charge is 2.23. The molecule has 1 aromatic heterocycles. The molecule has 6 nitrogen and oxygen atoms in total. The highest BCUT2D eigenvalue weighted by atomic mass is 32.1. The van der Waals surface area contributed by atoms with Crippen LogP contribution >= 0.6 is 11.3 Å². The van der Waals surface area contributed by atoms with Crippen molar-refractivity contribution >= 4 is 28.9 Å². The first-order chi connectivity index (χ1) is 14.0. The van der Waals surface area contributed by atoms with Crippen molar-refractivity contribution < 1.29 is 23.8 Å². The fourth-order valence-corrected chi connectivity index (χ4v) is 3.71. The van der Waals surface area contributed by atoms with E-state index in [1.165, 1.54) is 11.3 Å². The van der Waals surface area contributed by atoms with Crippen LogP contribution in [-0.4, -0.2) is 24.8 Å². The maximum atomic E-state index is 12.7. The third-order valence-corrected chi connectivity index (χ3v) is 5.40. The maximum absolute atomic E-state index is 12.7. The standard InChI is InChI=1S/C22H19NO5S/c1-13-3-5-15(6-4-13)17-9-10-29-20(17)22(25)28-14(2)21(24)23-16-7-8-18-19(11-16)27-12-26-18/h3-11,14H,12H2,1-2H3,(H,23,24)/t14-/m0/s1. The number of nitrogens with one attached hydrogen (secondary N) is 1. The zero-order chi connectivity index (χ0) is 20.4. The molecule has 1 N–H and O–H groups in total. The van der Waals surface area contributed by atoms with Gasteiger partial charge in [-0.05, 0) is 43.0 Å². The van der Waals surface area contributed by atoms with Crippen molar-refractivity contribution in [1.82, 2.24) is 0 Å². The van der Waals surface area contributed by atoms with E-state index >= 15 is 0 Å². The Morgan fingerprint density at radius 3 is 2.62 bits per heavy atom. The van der Waals surface area contributed by atoms with Crippen molar-refractivity contribution in [2.24, 2.45) is 0 Å². The molecule has 0 saturated heterocycles. The second kappa shape index (κ2) is 7.97. The van der Waals surface area contributed by atoms with Crippen LogP contribution in [0.4, 0.5) is 5.69 Å². The van der Waals surface area contributed by atoms with Crippen LogP contribution in [-0.2, 0) is 9.53 Å². The highest BCUT2D eigenvalue weighted by molar-refractivity contribution is 7.12. The Labute approximate surface area is 172 Å². The first-order valence-electron chi connectivity index (χ1n) is 9.07. The SMILES string of the molecule is Cc1ccc(-c2ccsc2C(=O)O[C@@H](C)C(=O)Nc2ccc3c(c2)OCO3)cc1. The lowest BCUT2D eigenvalue weighted by Crippen LogP contribution is -2.29. The monoisotopic (exact) mass is 409 g/mol. The molecule has 29 heavy (non-hydrogen) atoms. The van der Waals surface area contributed by atoms with Gasteiger partial charge in [0.25, 0.3) is 5.91 Å². The third kappa shape index (κ3) is 4.09. The zero-order valence-electron chi connectivity index (χ0n) is 15.9. The minimum absolute atomic E-state index is 0.158. The molecule has 1 aliphatic rings. The number of fused-ring (bicyclic) bond motifs is 1. The molecule has 1 amide bonds. The number of ether oxygens (including phenoxy) is 3. The smallest absolute Gasteiger partial charge is 0.349 e. The van der Waals surface area contributed by atoms with Crippen LogP contribution in [0, 0.1) is 6.92 Å². The topological polar surface area (TPSA) is 73.9 Å². The molecule has 0 bridgehead atoms. The van der Waals surface area contributed by atoms with Gasteiger partial charge in [0.1, 0.15) is 4.88 Å². The Morgan fingerprint density at radius 1 is 1.07 bits per heavy atom. The van der Waals surface area contributed by atoms with Gasteiger partial charge < -0.3 is 19.5 Å². The van der Waals surface area contributed by atoms with E-state index in [0.29, 0.717) is 22.1 Å². The summed E-state index contributed by atoms with van der Waals surface area (Å²) in [5.74, 6) is 0.243. The number of rotatable bonds is 5. The van der Waals surface area contributed by atoms with E-state index in [1.807, 2.05) is 42.6 Å². The first-order valence-corrected chi connectivity index (χ1v) is 9.95. The number of hydrogen-bond donors (Lipinski definition) is 1. The minimum Gasteiger partial charge on any atom is -0.454 e. The number of esters is 1. The molecular formula is C22H19NO5S. The Bertz CT molecular complexity index is 1060. The van der Waals surface area contributed by atoms with Crippen LogP contribution in [0.3, 0.4) is 0 Å². The van der Waals surface area contributed by atoms with E-state index in [4.69, 9.17) is 14.2 Å². The van der Waals surface area contributed by atoms with Crippen molar-refractivity contribution in [2.45, 2.75) is 20.0 Å². The number of amides is 1. The van der Waals surface area contributed by atoms with Gasteiger partial charge in [0, 0.05) is 17.3 Å². The lowest BCUT2D eigenvalue weighted by molar-refractivity contribution is -0.123. The molecule has 148 valence electrons. The summed E-state index contributed by atoms with van der Waals surface area (Å²) in [5.41, 5.74) is 3.41. The zero-order valence-corrected chi connectivity index (χ0v) is 16.7. The highest BCUT2D eigenvalue weighted by Crippen LogP contribution is 2.34. The Kier molecular flexibility index (Phi) is 5.22. The van der Waals surface area contributed by atoms with Gasteiger partial charge >= 0.3 is 5.97 Å². The van der Waals surface area contributed by atoms with E-state index in [1.54, 1.807) is 25.1 Å². The van der Waals surface area contributed by atoms with Crippen LogP contribution in [0.5, 0.6) is 11.5 Å². The summed E-state index contributed by atoms with van der Waals surface area (Å²) in [5, 5.41) is 4.56. The second-order valence-electron chi connectivity index (χ2n) is 6.63. The fourth-order valence-electron chi connectivity index (χ4n) is 2.91. The molecule has 0 radical (unpaired) electrons. The lowest BCUT2D eigenvalue weighted by Gasteiger charge is -2.14. The first kappa shape index (κ1) is 19.0. The predicted molar refractivity (Wildman–Crippen MR) is 111 cm³/mol. The summed E-state index contributed by atoms with van der Waals surface area (Å²) in [6.07, 6.45) is -0.958. The molecule has 1 aliphatic heterocycles. The second-order valence-corrected chi connectivity index (χ2v) is 7.55. The van der Waals surface area contributed by atoms with Gasteiger partial charge in [-0.2, -0.15) is 0 Å². The molecule has 2 heterocycles. The van der Waals surface area contributed by atoms with Gasteiger partial charge in [0.2, 0.25) is 6.79 Å². The van der Waals surface area contributed by atoms with Crippen molar-refractivity contribution in [3.63, 3.8) is 0 Å². The molecule has 0 unspecified atom stereocenters. The maximum Gasteiger partial charge on any atom is 0.349 e. The number of carbonyl (C=O) groups is 2. The van der Waals surface area contributed by atoms with Crippen LogP contribution in [0.15, 0.2) is 53.9 Å². The molecule has 0 spiro atoms. The number of thiophene rings is 1. The normalized spacial score (nSPS) is 13.0. The number of anilines is 1. The van der Waals surface area contributed by atoms with E-state index in [9.17, 15) is 9.59 Å². The van der Waals surface area contributed by atoms with Gasteiger partial charge in [0.15, 0.2) is 17.6 Å². The molecule has 0 aliphatic carbocycles. The molecule has 1 atom stereocenters. The van der Waals surface area contributed by atoms with Crippen LogP contribution in [0.2, 0.25) is 0 Å².